The molecule has 0 saturated carbocycles. The van der Waals surface area contributed by atoms with E-state index in [1.807, 2.05) is 6.92 Å². The van der Waals surface area contributed by atoms with Crippen LogP contribution in [0.25, 0.3) is 0 Å². The summed E-state index contributed by atoms with van der Waals surface area (Å²) in [7, 11) is 0. The molecule has 0 heterocycles. The molecule has 0 spiro atoms. The van der Waals surface area contributed by atoms with Crippen molar-refractivity contribution >= 4 is 18.3 Å². The molecule has 0 aromatic carbocycles. The lowest BCUT2D eigenvalue weighted by Crippen LogP contribution is -2.40. The predicted molar refractivity (Wildman–Crippen MR) is 48.2 cm³/mol. The molecule has 0 aromatic heterocycles. The number of hydrogen-bond donors (Lipinski definition) is 3. The quantitative estimate of drug-likeness (QED) is 0.282. The van der Waals surface area contributed by atoms with Crippen LogP contribution in [0.4, 0.5) is 0 Å². The molecule has 0 aromatic rings. The van der Waals surface area contributed by atoms with E-state index in [0.717, 1.165) is 17.8 Å². The van der Waals surface area contributed by atoms with Gasteiger partial charge in [-0.15, -0.1) is 0 Å². The summed E-state index contributed by atoms with van der Waals surface area (Å²) in [6.07, 6.45) is -4.14. The molecule has 0 rings (SSSR count). The standard InChI is InChI=1S/C7H14O5S/c1-2-13-12-4-6(10)7(11)5(9)3-8/h3,5-7,9-11H,2,4H2,1H3/t5-,6+,7-/m0/s1. The molecule has 0 unspecified atom stereocenters. The van der Waals surface area contributed by atoms with Crippen LogP contribution in [0.2, 0.25) is 0 Å². The molecule has 3 N–H and O–H groups in total. The zero-order valence-electron chi connectivity index (χ0n) is 7.29. The highest BCUT2D eigenvalue weighted by Crippen LogP contribution is 2.05. The van der Waals surface area contributed by atoms with Gasteiger partial charge in [0.1, 0.15) is 18.3 Å². The van der Waals surface area contributed by atoms with Crippen LogP contribution in [0, 0.1) is 0 Å². The zero-order chi connectivity index (χ0) is 10.3. The van der Waals surface area contributed by atoms with Crippen LogP contribution in [-0.4, -0.2) is 52.3 Å². The molecule has 0 saturated heterocycles. The van der Waals surface area contributed by atoms with Gasteiger partial charge in [-0.05, 0) is 12.0 Å². The summed E-state index contributed by atoms with van der Waals surface area (Å²) >= 11 is 1.13. The smallest absolute Gasteiger partial charge is 0.151 e. The molecule has 0 bridgehead atoms. The highest BCUT2D eigenvalue weighted by atomic mass is 32.2. The summed E-state index contributed by atoms with van der Waals surface area (Å²) in [4.78, 5) is 10.0. The fourth-order valence-corrected chi connectivity index (χ4v) is 1.01. The van der Waals surface area contributed by atoms with Crippen molar-refractivity contribution < 1.29 is 24.3 Å². The number of hydrogen-bond acceptors (Lipinski definition) is 6. The Kier molecular flexibility index (Phi) is 7.20. The van der Waals surface area contributed by atoms with E-state index in [0.29, 0.717) is 0 Å². The van der Waals surface area contributed by atoms with E-state index in [1.165, 1.54) is 0 Å². The van der Waals surface area contributed by atoms with Gasteiger partial charge in [0, 0.05) is 5.75 Å². The Balaban J connectivity index is 3.68. The average Bonchev–Trinajstić information content (AvgIpc) is 2.15. The van der Waals surface area contributed by atoms with Crippen LogP contribution in [0.3, 0.4) is 0 Å². The van der Waals surface area contributed by atoms with Crippen LogP contribution in [0.1, 0.15) is 6.92 Å². The van der Waals surface area contributed by atoms with Gasteiger partial charge < -0.3 is 24.3 Å². The van der Waals surface area contributed by atoms with Crippen molar-refractivity contribution in [3.63, 3.8) is 0 Å². The first-order valence-electron chi connectivity index (χ1n) is 3.87. The van der Waals surface area contributed by atoms with Crippen LogP contribution in [0.5, 0.6) is 0 Å². The van der Waals surface area contributed by atoms with Gasteiger partial charge in [-0.25, -0.2) is 0 Å². The molecule has 0 amide bonds. The number of aliphatic hydroxyl groups is 3. The Morgan fingerprint density at radius 3 is 2.54 bits per heavy atom. The second-order valence-corrected chi connectivity index (χ2v) is 3.42. The van der Waals surface area contributed by atoms with Crippen LogP contribution in [0.15, 0.2) is 0 Å². The maximum atomic E-state index is 10.0. The minimum Gasteiger partial charge on any atom is -0.388 e. The Hall–Kier alpha value is -0.140. The molecule has 6 heteroatoms. The topological polar surface area (TPSA) is 87.0 Å². The van der Waals surface area contributed by atoms with Crippen LogP contribution in [-0.2, 0) is 8.98 Å². The fourth-order valence-electron chi connectivity index (χ4n) is 0.608. The van der Waals surface area contributed by atoms with E-state index in [4.69, 9.17) is 19.5 Å². The predicted octanol–water partition coefficient (Wildman–Crippen LogP) is -1.05. The molecular weight excluding hydrogens is 196 g/mol. The maximum absolute atomic E-state index is 10.0. The molecular formula is C7H14O5S. The lowest BCUT2D eigenvalue weighted by atomic mass is 10.1. The highest BCUT2D eigenvalue weighted by Gasteiger charge is 2.24. The monoisotopic (exact) mass is 210 g/mol. The number of carbonyl (C=O) groups is 1. The highest BCUT2D eigenvalue weighted by molar-refractivity contribution is 7.94. The Morgan fingerprint density at radius 1 is 1.46 bits per heavy atom. The minimum atomic E-state index is -1.56. The second kappa shape index (κ2) is 7.28. The summed E-state index contributed by atoms with van der Waals surface area (Å²) in [6.45, 7) is 1.75. The molecule has 3 atom stereocenters. The van der Waals surface area contributed by atoms with Gasteiger partial charge in [-0.3, -0.25) is 0 Å². The van der Waals surface area contributed by atoms with E-state index in [1.54, 1.807) is 0 Å². The first-order valence-corrected chi connectivity index (χ1v) is 4.78. The molecule has 5 nitrogen and oxygen atoms in total. The van der Waals surface area contributed by atoms with Crippen LogP contribution < -0.4 is 0 Å². The third-order valence-electron chi connectivity index (χ3n) is 1.32. The van der Waals surface area contributed by atoms with Gasteiger partial charge in [0.25, 0.3) is 0 Å². The third-order valence-corrected chi connectivity index (χ3v) is 1.86. The van der Waals surface area contributed by atoms with Gasteiger partial charge in [0.2, 0.25) is 0 Å². The minimum absolute atomic E-state index is 0.120. The molecule has 13 heavy (non-hydrogen) atoms. The number of rotatable bonds is 7. The Labute approximate surface area is 80.9 Å². The third kappa shape index (κ3) is 5.22. The lowest BCUT2D eigenvalue weighted by Gasteiger charge is -2.18. The largest absolute Gasteiger partial charge is 0.388 e. The summed E-state index contributed by atoms with van der Waals surface area (Å²) in [5, 5.41) is 27.0. The fraction of sp³-hybridized carbons (Fsp3) is 0.857. The summed E-state index contributed by atoms with van der Waals surface area (Å²) in [5.41, 5.74) is 0. The van der Waals surface area contributed by atoms with E-state index < -0.39 is 18.3 Å². The van der Waals surface area contributed by atoms with Crippen molar-refractivity contribution in [2.45, 2.75) is 25.2 Å². The number of aliphatic hydroxyl groups excluding tert-OH is 3. The van der Waals surface area contributed by atoms with Crippen molar-refractivity contribution in [1.82, 2.24) is 0 Å². The van der Waals surface area contributed by atoms with Crippen LogP contribution >= 0.6 is 12.0 Å². The van der Waals surface area contributed by atoms with Crippen molar-refractivity contribution in [3.8, 4) is 0 Å². The summed E-state index contributed by atoms with van der Waals surface area (Å²) < 4.78 is 4.84. The molecule has 0 radical (unpaired) electrons. The van der Waals surface area contributed by atoms with E-state index in [-0.39, 0.29) is 12.9 Å². The average molecular weight is 210 g/mol. The maximum Gasteiger partial charge on any atom is 0.151 e. The van der Waals surface area contributed by atoms with Gasteiger partial charge >= 0.3 is 0 Å². The first kappa shape index (κ1) is 12.9. The van der Waals surface area contributed by atoms with E-state index in [2.05, 4.69) is 0 Å². The van der Waals surface area contributed by atoms with Crippen molar-refractivity contribution in [2.75, 3.05) is 12.4 Å². The number of carbonyl (C=O) groups excluding carboxylic acids is 1. The summed E-state index contributed by atoms with van der Waals surface area (Å²) in [5.74, 6) is 0.721. The Morgan fingerprint density at radius 2 is 2.08 bits per heavy atom. The molecule has 0 aliphatic rings. The second-order valence-electron chi connectivity index (χ2n) is 2.38. The molecule has 0 aliphatic heterocycles. The van der Waals surface area contributed by atoms with E-state index >= 15 is 0 Å². The van der Waals surface area contributed by atoms with Crippen molar-refractivity contribution in [3.05, 3.63) is 0 Å². The normalized spacial score (nSPS) is 17.8. The Bertz CT molecular complexity index is 143. The molecule has 0 aliphatic carbocycles. The van der Waals surface area contributed by atoms with Gasteiger partial charge in [-0.1, -0.05) is 6.92 Å². The zero-order valence-corrected chi connectivity index (χ0v) is 8.11. The first-order chi connectivity index (χ1) is 6.13. The van der Waals surface area contributed by atoms with Gasteiger partial charge in [0.05, 0.1) is 6.61 Å². The molecule has 78 valence electrons. The SMILES string of the molecule is CCSOC[C@@H](O)[C@@H](O)[C@@H](O)C=O. The van der Waals surface area contributed by atoms with Crippen molar-refractivity contribution in [1.29, 1.82) is 0 Å². The lowest BCUT2D eigenvalue weighted by molar-refractivity contribution is -0.127. The van der Waals surface area contributed by atoms with Crippen molar-refractivity contribution in [2.24, 2.45) is 0 Å². The van der Waals surface area contributed by atoms with Gasteiger partial charge in [0.15, 0.2) is 6.29 Å². The summed E-state index contributed by atoms with van der Waals surface area (Å²) in [6, 6.07) is 0. The number of aldehydes is 1. The van der Waals surface area contributed by atoms with E-state index in [9.17, 15) is 4.79 Å². The molecule has 0 fully saturated rings. The van der Waals surface area contributed by atoms with Gasteiger partial charge in [-0.2, -0.15) is 0 Å².